The highest BCUT2D eigenvalue weighted by Gasteiger charge is 2.39. The first-order valence-corrected chi connectivity index (χ1v) is 10.0. The van der Waals surface area contributed by atoms with Crippen LogP contribution in [0.2, 0.25) is 0 Å². The first-order chi connectivity index (χ1) is 14.6. The molecule has 1 rings (SSSR count). The second-order valence-corrected chi connectivity index (χ2v) is 7.32. The summed E-state index contributed by atoms with van der Waals surface area (Å²) in [7, 11) is 0. The average Bonchev–Trinajstić information content (AvgIpc) is 3.20. The number of aliphatic hydroxyl groups is 1. The number of hydrogen-bond acceptors (Lipinski definition) is 8. The van der Waals surface area contributed by atoms with Gasteiger partial charge in [-0.3, -0.25) is 19.2 Å². The molecule has 0 bridgehead atoms. The van der Waals surface area contributed by atoms with E-state index in [4.69, 9.17) is 21.7 Å². The normalized spacial score (nSPS) is 18.7. The lowest BCUT2D eigenvalue weighted by Crippen LogP contribution is -2.57. The molecule has 0 aromatic rings. The summed E-state index contributed by atoms with van der Waals surface area (Å²) in [5.41, 5.74) is 10.8. The van der Waals surface area contributed by atoms with Crippen molar-refractivity contribution >= 4 is 29.7 Å². The Morgan fingerprint density at radius 3 is 2.29 bits per heavy atom. The summed E-state index contributed by atoms with van der Waals surface area (Å²) in [6.45, 7) is -0.170. The summed E-state index contributed by atoms with van der Waals surface area (Å²) >= 11 is 0. The van der Waals surface area contributed by atoms with Crippen molar-refractivity contribution in [3.05, 3.63) is 0 Å². The molecule has 1 saturated heterocycles. The number of nitrogens with zero attached hydrogens (tertiary/aromatic N) is 1. The summed E-state index contributed by atoms with van der Waals surface area (Å²) in [5.74, 6) is -4.95. The fourth-order valence-electron chi connectivity index (χ4n) is 3.26. The molecule has 176 valence electrons. The Balaban J connectivity index is 2.90. The van der Waals surface area contributed by atoms with E-state index in [2.05, 4.69) is 10.6 Å². The maximum absolute atomic E-state index is 12.9. The number of hydrogen-bond donors (Lipinski definition) is 7. The molecule has 4 unspecified atom stereocenters. The molecule has 0 aliphatic carbocycles. The number of carboxylic acid groups (broad SMARTS) is 2. The number of carboxylic acids is 2. The summed E-state index contributed by atoms with van der Waals surface area (Å²) in [4.78, 5) is 61.2. The molecule has 13 heteroatoms. The van der Waals surface area contributed by atoms with Gasteiger partial charge in [-0.2, -0.15) is 0 Å². The van der Waals surface area contributed by atoms with Gasteiger partial charge in [0.1, 0.15) is 24.2 Å². The third-order valence-electron chi connectivity index (χ3n) is 4.93. The summed E-state index contributed by atoms with van der Waals surface area (Å²) in [6.07, 6.45) is 1.23. The van der Waals surface area contributed by atoms with Crippen LogP contribution >= 0.6 is 0 Å². The van der Waals surface area contributed by atoms with Crippen LogP contribution in [0.15, 0.2) is 0 Å². The van der Waals surface area contributed by atoms with E-state index in [-0.39, 0.29) is 19.4 Å². The van der Waals surface area contributed by atoms with Gasteiger partial charge in [0.05, 0.1) is 13.0 Å². The Morgan fingerprint density at radius 2 is 1.74 bits per heavy atom. The number of amides is 3. The van der Waals surface area contributed by atoms with Crippen molar-refractivity contribution in [1.82, 2.24) is 15.5 Å². The van der Waals surface area contributed by atoms with E-state index < -0.39 is 66.9 Å². The van der Waals surface area contributed by atoms with Crippen LogP contribution in [-0.2, 0) is 24.0 Å². The van der Waals surface area contributed by atoms with Crippen molar-refractivity contribution in [2.24, 2.45) is 11.5 Å². The lowest BCUT2D eigenvalue weighted by Gasteiger charge is -2.29. The van der Waals surface area contributed by atoms with Gasteiger partial charge in [0.15, 0.2) is 0 Å². The number of aliphatic hydroxyl groups excluding tert-OH is 1. The van der Waals surface area contributed by atoms with Gasteiger partial charge in [0.25, 0.3) is 0 Å². The fraction of sp³-hybridized carbons (Fsp3) is 0.722. The maximum atomic E-state index is 12.9. The number of aliphatic carboxylic acids is 2. The highest BCUT2D eigenvalue weighted by atomic mass is 16.4. The van der Waals surface area contributed by atoms with E-state index in [0.717, 1.165) is 4.90 Å². The minimum Gasteiger partial charge on any atom is -0.481 e. The van der Waals surface area contributed by atoms with Crippen molar-refractivity contribution in [1.29, 1.82) is 0 Å². The zero-order chi connectivity index (χ0) is 23.6. The Bertz CT molecular complexity index is 673. The van der Waals surface area contributed by atoms with Crippen molar-refractivity contribution in [2.45, 2.75) is 62.7 Å². The van der Waals surface area contributed by atoms with Gasteiger partial charge in [-0.15, -0.1) is 0 Å². The SMILES string of the molecule is NCCCCC(NC(=O)C1CCCN1C(=O)C(CC(=O)O)NC(=O)C(N)CO)C(=O)O. The van der Waals surface area contributed by atoms with Gasteiger partial charge in [-0.05, 0) is 38.6 Å². The van der Waals surface area contributed by atoms with E-state index in [9.17, 15) is 29.1 Å². The number of carbonyl (C=O) groups is 5. The first kappa shape index (κ1) is 26.3. The zero-order valence-electron chi connectivity index (χ0n) is 17.2. The van der Waals surface area contributed by atoms with Crippen LogP contribution < -0.4 is 22.1 Å². The smallest absolute Gasteiger partial charge is 0.326 e. The second kappa shape index (κ2) is 12.8. The number of likely N-dealkylation sites (tertiary alicyclic amines) is 1. The summed E-state index contributed by atoms with van der Waals surface area (Å²) in [5, 5.41) is 32.0. The van der Waals surface area contributed by atoms with Crippen LogP contribution in [0.5, 0.6) is 0 Å². The molecule has 1 aliphatic heterocycles. The van der Waals surface area contributed by atoms with Gasteiger partial charge < -0.3 is 42.3 Å². The number of nitrogens with two attached hydrogens (primary N) is 2. The van der Waals surface area contributed by atoms with Gasteiger partial charge in [-0.1, -0.05) is 0 Å². The molecule has 1 fully saturated rings. The monoisotopic (exact) mass is 445 g/mol. The van der Waals surface area contributed by atoms with Crippen molar-refractivity contribution in [3.63, 3.8) is 0 Å². The van der Waals surface area contributed by atoms with Crippen LogP contribution in [0.4, 0.5) is 0 Å². The highest BCUT2D eigenvalue weighted by Crippen LogP contribution is 2.20. The maximum Gasteiger partial charge on any atom is 0.326 e. The molecule has 4 atom stereocenters. The van der Waals surface area contributed by atoms with Crippen LogP contribution in [-0.4, -0.2) is 93.7 Å². The molecular formula is C18H31N5O8. The van der Waals surface area contributed by atoms with E-state index in [1.54, 1.807) is 0 Å². The molecule has 1 heterocycles. The van der Waals surface area contributed by atoms with Crippen LogP contribution in [0.3, 0.4) is 0 Å². The Labute approximate surface area is 179 Å². The van der Waals surface area contributed by atoms with E-state index in [0.29, 0.717) is 25.8 Å². The second-order valence-electron chi connectivity index (χ2n) is 7.32. The molecule has 31 heavy (non-hydrogen) atoms. The number of unbranched alkanes of at least 4 members (excludes halogenated alkanes) is 1. The van der Waals surface area contributed by atoms with Crippen molar-refractivity contribution in [2.75, 3.05) is 19.7 Å². The molecule has 0 aromatic carbocycles. The molecule has 1 aliphatic rings. The van der Waals surface area contributed by atoms with E-state index in [1.165, 1.54) is 0 Å². The van der Waals surface area contributed by atoms with Gasteiger partial charge >= 0.3 is 11.9 Å². The topological polar surface area (TPSA) is 225 Å². The molecule has 3 amide bonds. The number of carbonyl (C=O) groups excluding carboxylic acids is 3. The molecule has 0 aromatic heterocycles. The molecule has 0 saturated carbocycles. The largest absolute Gasteiger partial charge is 0.481 e. The predicted octanol–water partition coefficient (Wildman–Crippen LogP) is -3.05. The van der Waals surface area contributed by atoms with Crippen LogP contribution in [0, 0.1) is 0 Å². The quantitative estimate of drug-likeness (QED) is 0.142. The summed E-state index contributed by atoms with van der Waals surface area (Å²) < 4.78 is 0. The molecule has 0 spiro atoms. The summed E-state index contributed by atoms with van der Waals surface area (Å²) in [6, 6.07) is -4.97. The van der Waals surface area contributed by atoms with Crippen molar-refractivity contribution < 1.29 is 39.3 Å². The molecular weight excluding hydrogens is 414 g/mol. The molecule has 9 N–H and O–H groups in total. The fourth-order valence-corrected chi connectivity index (χ4v) is 3.26. The predicted molar refractivity (Wildman–Crippen MR) is 106 cm³/mol. The Hall–Kier alpha value is -2.77. The Morgan fingerprint density at radius 1 is 1.06 bits per heavy atom. The lowest BCUT2D eigenvalue weighted by atomic mass is 10.1. The third-order valence-corrected chi connectivity index (χ3v) is 4.93. The molecule has 13 nitrogen and oxygen atoms in total. The third kappa shape index (κ3) is 8.11. The Kier molecular flexibility index (Phi) is 10.9. The zero-order valence-corrected chi connectivity index (χ0v) is 17.2. The average molecular weight is 445 g/mol. The first-order valence-electron chi connectivity index (χ1n) is 10.0. The van der Waals surface area contributed by atoms with E-state index in [1.807, 2.05) is 0 Å². The highest BCUT2D eigenvalue weighted by molar-refractivity contribution is 5.96. The minimum atomic E-state index is -1.49. The van der Waals surface area contributed by atoms with Crippen LogP contribution in [0.1, 0.15) is 38.5 Å². The van der Waals surface area contributed by atoms with Gasteiger partial charge in [-0.25, -0.2) is 4.79 Å². The molecule has 0 radical (unpaired) electrons. The lowest BCUT2D eigenvalue weighted by molar-refractivity contribution is -0.147. The van der Waals surface area contributed by atoms with Crippen molar-refractivity contribution in [3.8, 4) is 0 Å². The van der Waals surface area contributed by atoms with E-state index >= 15 is 0 Å². The van der Waals surface area contributed by atoms with Gasteiger partial charge in [0, 0.05) is 6.54 Å². The number of nitrogens with one attached hydrogen (secondary N) is 2. The standard InChI is InChI=1S/C18H31N5O8/c19-6-2-1-4-11(18(30)31)21-16(28)13-5-3-7-23(13)17(29)12(8-14(25)26)22-15(27)10(20)9-24/h10-13,24H,1-9,19-20H2,(H,21,28)(H,22,27)(H,25,26)(H,30,31). The number of rotatable bonds is 13. The van der Waals surface area contributed by atoms with Crippen LogP contribution in [0.25, 0.3) is 0 Å². The minimum absolute atomic E-state index is 0.139. The van der Waals surface area contributed by atoms with Gasteiger partial charge in [0.2, 0.25) is 17.7 Å².